The number of carbonyl (C=O) groups excluding carboxylic acids is 1. The van der Waals surface area contributed by atoms with Gasteiger partial charge in [-0.2, -0.15) is 0 Å². The van der Waals surface area contributed by atoms with Crippen LogP contribution in [0.3, 0.4) is 0 Å². The maximum atomic E-state index is 12.3. The summed E-state index contributed by atoms with van der Waals surface area (Å²) in [6.07, 6.45) is 7.17. The van der Waals surface area contributed by atoms with E-state index < -0.39 is 5.97 Å². The maximum Gasteiger partial charge on any atom is 0.303 e. The number of rotatable bonds is 7. The first-order valence-corrected chi connectivity index (χ1v) is 7.75. The highest BCUT2D eigenvalue weighted by Crippen LogP contribution is 2.36. The predicted octanol–water partition coefficient (Wildman–Crippen LogP) is 3.35. The summed E-state index contributed by atoms with van der Waals surface area (Å²) in [6, 6.07) is 0. The van der Waals surface area contributed by atoms with Crippen molar-refractivity contribution in [2.45, 2.75) is 72.1 Å². The maximum absolute atomic E-state index is 12.3. The van der Waals surface area contributed by atoms with Crippen molar-refractivity contribution in [3.8, 4) is 0 Å². The molecule has 0 aromatic carbocycles. The molecule has 0 heterocycles. The summed E-state index contributed by atoms with van der Waals surface area (Å²) >= 11 is 0. The number of carbonyl (C=O) groups is 2. The SMILES string of the molecule is CC(C)(CCNC(=O)C1(C)CCCCC1)CCC(=O)O. The fraction of sp³-hybridized carbons (Fsp3) is 0.875. The van der Waals surface area contributed by atoms with Gasteiger partial charge in [0.2, 0.25) is 5.91 Å². The van der Waals surface area contributed by atoms with Gasteiger partial charge in [0.05, 0.1) is 0 Å². The quantitative estimate of drug-likeness (QED) is 0.753. The average Bonchev–Trinajstić information content (AvgIpc) is 2.37. The van der Waals surface area contributed by atoms with Crippen LogP contribution in [0.1, 0.15) is 72.1 Å². The van der Waals surface area contributed by atoms with Gasteiger partial charge in [0.25, 0.3) is 0 Å². The lowest BCUT2D eigenvalue weighted by Crippen LogP contribution is -2.41. The Morgan fingerprint density at radius 1 is 1.15 bits per heavy atom. The molecule has 0 bridgehead atoms. The lowest BCUT2D eigenvalue weighted by Gasteiger charge is -2.32. The first kappa shape index (κ1) is 17.0. The van der Waals surface area contributed by atoms with Crippen LogP contribution in [0.5, 0.6) is 0 Å². The van der Waals surface area contributed by atoms with Crippen LogP contribution in [0.4, 0.5) is 0 Å². The van der Waals surface area contributed by atoms with Crippen LogP contribution in [0.2, 0.25) is 0 Å². The minimum atomic E-state index is -0.753. The zero-order valence-corrected chi connectivity index (χ0v) is 13.1. The number of hydrogen-bond acceptors (Lipinski definition) is 2. The Kier molecular flexibility index (Phi) is 6.03. The number of aliphatic carboxylic acids is 1. The number of carboxylic acids is 1. The third kappa shape index (κ3) is 5.51. The Morgan fingerprint density at radius 2 is 1.75 bits per heavy atom. The van der Waals surface area contributed by atoms with Gasteiger partial charge >= 0.3 is 5.97 Å². The van der Waals surface area contributed by atoms with E-state index >= 15 is 0 Å². The van der Waals surface area contributed by atoms with Gasteiger partial charge in [0, 0.05) is 18.4 Å². The summed E-state index contributed by atoms with van der Waals surface area (Å²) in [6.45, 7) is 6.83. The van der Waals surface area contributed by atoms with Gasteiger partial charge in [-0.25, -0.2) is 0 Å². The molecule has 2 N–H and O–H groups in total. The van der Waals surface area contributed by atoms with E-state index in [1.807, 2.05) is 0 Å². The number of nitrogens with one attached hydrogen (secondary N) is 1. The van der Waals surface area contributed by atoms with Crippen LogP contribution in [-0.2, 0) is 9.59 Å². The summed E-state index contributed by atoms with van der Waals surface area (Å²) in [5, 5.41) is 11.8. The monoisotopic (exact) mass is 283 g/mol. The number of carboxylic acid groups (broad SMARTS) is 1. The number of hydrogen-bond donors (Lipinski definition) is 2. The molecule has 0 aliphatic heterocycles. The topological polar surface area (TPSA) is 66.4 Å². The van der Waals surface area contributed by atoms with Crippen LogP contribution >= 0.6 is 0 Å². The number of amides is 1. The predicted molar refractivity (Wildman–Crippen MR) is 79.5 cm³/mol. The van der Waals surface area contributed by atoms with Gasteiger partial charge in [-0.3, -0.25) is 9.59 Å². The standard InChI is InChI=1S/C16H29NO3/c1-15(2,10-7-13(18)19)11-12-17-14(20)16(3)8-5-4-6-9-16/h4-12H2,1-3H3,(H,17,20)(H,18,19). The highest BCUT2D eigenvalue weighted by Gasteiger charge is 2.34. The normalized spacial score (nSPS) is 18.6. The third-order valence-corrected chi connectivity index (χ3v) is 4.61. The third-order valence-electron chi connectivity index (χ3n) is 4.61. The molecular formula is C16H29NO3. The van der Waals surface area contributed by atoms with Crippen molar-refractivity contribution in [2.24, 2.45) is 10.8 Å². The van der Waals surface area contributed by atoms with Gasteiger partial charge in [0.1, 0.15) is 0 Å². The highest BCUT2D eigenvalue weighted by atomic mass is 16.4. The molecule has 0 atom stereocenters. The van der Waals surface area contributed by atoms with Gasteiger partial charge in [0.15, 0.2) is 0 Å². The van der Waals surface area contributed by atoms with E-state index in [2.05, 4.69) is 26.1 Å². The first-order valence-electron chi connectivity index (χ1n) is 7.75. The molecule has 1 amide bonds. The Balaban J connectivity index is 2.32. The Bertz CT molecular complexity index is 344. The van der Waals surface area contributed by atoms with Crippen molar-refractivity contribution in [2.75, 3.05) is 6.54 Å². The molecule has 1 saturated carbocycles. The molecule has 0 spiro atoms. The van der Waals surface area contributed by atoms with Crippen LogP contribution in [0, 0.1) is 10.8 Å². The van der Waals surface area contributed by atoms with E-state index in [0.29, 0.717) is 13.0 Å². The van der Waals surface area contributed by atoms with Crippen molar-refractivity contribution in [3.05, 3.63) is 0 Å². The molecule has 4 nitrogen and oxygen atoms in total. The minimum Gasteiger partial charge on any atom is -0.481 e. The molecule has 0 aromatic heterocycles. The summed E-state index contributed by atoms with van der Waals surface area (Å²) in [5.74, 6) is -0.580. The van der Waals surface area contributed by atoms with E-state index in [1.54, 1.807) is 0 Å². The fourth-order valence-corrected chi connectivity index (χ4v) is 2.86. The molecule has 4 heteroatoms. The second kappa shape index (κ2) is 7.09. The summed E-state index contributed by atoms with van der Waals surface area (Å²) < 4.78 is 0. The van der Waals surface area contributed by atoms with Crippen LogP contribution < -0.4 is 5.32 Å². The molecular weight excluding hydrogens is 254 g/mol. The smallest absolute Gasteiger partial charge is 0.303 e. The second-order valence-electron chi connectivity index (χ2n) is 7.19. The van der Waals surface area contributed by atoms with E-state index in [9.17, 15) is 9.59 Å². The summed E-state index contributed by atoms with van der Waals surface area (Å²) in [5.41, 5.74) is -0.234. The Morgan fingerprint density at radius 3 is 2.30 bits per heavy atom. The summed E-state index contributed by atoms with van der Waals surface area (Å²) in [4.78, 5) is 22.9. The van der Waals surface area contributed by atoms with E-state index in [4.69, 9.17) is 5.11 Å². The molecule has 1 rings (SSSR count). The lowest BCUT2D eigenvalue weighted by molar-refractivity contribution is -0.137. The van der Waals surface area contributed by atoms with Crippen LogP contribution in [-0.4, -0.2) is 23.5 Å². The summed E-state index contributed by atoms with van der Waals surface area (Å²) in [7, 11) is 0. The molecule has 1 fully saturated rings. The van der Waals surface area contributed by atoms with E-state index in [-0.39, 0.29) is 23.2 Å². The van der Waals surface area contributed by atoms with E-state index in [0.717, 1.165) is 32.1 Å². The van der Waals surface area contributed by atoms with Crippen molar-refractivity contribution < 1.29 is 14.7 Å². The molecule has 116 valence electrons. The molecule has 20 heavy (non-hydrogen) atoms. The molecule has 1 aliphatic rings. The molecule has 0 aromatic rings. The first-order chi connectivity index (χ1) is 9.25. The van der Waals surface area contributed by atoms with Crippen LogP contribution in [0.15, 0.2) is 0 Å². The van der Waals surface area contributed by atoms with Gasteiger partial charge in [-0.05, 0) is 31.1 Å². The van der Waals surface area contributed by atoms with Gasteiger partial charge in [-0.15, -0.1) is 0 Å². The average molecular weight is 283 g/mol. The van der Waals surface area contributed by atoms with Gasteiger partial charge in [-0.1, -0.05) is 40.0 Å². The largest absolute Gasteiger partial charge is 0.481 e. The molecule has 0 saturated heterocycles. The zero-order valence-electron chi connectivity index (χ0n) is 13.1. The Hall–Kier alpha value is -1.06. The van der Waals surface area contributed by atoms with E-state index in [1.165, 1.54) is 6.42 Å². The zero-order chi connectivity index (χ0) is 15.2. The van der Waals surface area contributed by atoms with Gasteiger partial charge < -0.3 is 10.4 Å². The molecule has 0 radical (unpaired) electrons. The van der Waals surface area contributed by atoms with Crippen molar-refractivity contribution in [1.29, 1.82) is 0 Å². The second-order valence-corrected chi connectivity index (χ2v) is 7.19. The minimum absolute atomic E-state index is 0.0425. The molecule has 1 aliphatic carbocycles. The molecule has 0 unspecified atom stereocenters. The van der Waals surface area contributed by atoms with Crippen molar-refractivity contribution >= 4 is 11.9 Å². The fourth-order valence-electron chi connectivity index (χ4n) is 2.86. The Labute approximate surface area is 122 Å². The van der Waals surface area contributed by atoms with Crippen molar-refractivity contribution in [3.63, 3.8) is 0 Å². The van der Waals surface area contributed by atoms with Crippen molar-refractivity contribution in [1.82, 2.24) is 5.32 Å². The van der Waals surface area contributed by atoms with Crippen LogP contribution in [0.25, 0.3) is 0 Å². The highest BCUT2D eigenvalue weighted by molar-refractivity contribution is 5.82. The lowest BCUT2D eigenvalue weighted by atomic mass is 9.75.